The molecule has 3 rings (SSSR count). The summed E-state index contributed by atoms with van der Waals surface area (Å²) in [5.74, 6) is 1.96. The van der Waals surface area contributed by atoms with Crippen LogP contribution in [0.3, 0.4) is 0 Å². The van der Waals surface area contributed by atoms with Crippen molar-refractivity contribution in [3.05, 3.63) is 18.3 Å². The molecule has 0 saturated carbocycles. The largest absolute Gasteiger partial charge is 0.379 e. The summed E-state index contributed by atoms with van der Waals surface area (Å²) in [6.45, 7) is 4.41. The number of nitrogens with one attached hydrogen (secondary N) is 1. The van der Waals surface area contributed by atoms with Crippen molar-refractivity contribution in [2.45, 2.75) is 25.3 Å². The second kappa shape index (κ2) is 5.72. The Bertz CT molecular complexity index is 565. The lowest BCUT2D eigenvalue weighted by Crippen LogP contribution is -2.34. The third-order valence-electron chi connectivity index (χ3n) is 3.52. The molecule has 1 aliphatic heterocycles. The average molecular weight is 277 g/mol. The quantitative estimate of drug-likeness (QED) is 0.876. The van der Waals surface area contributed by atoms with Crippen molar-refractivity contribution in [2.75, 3.05) is 19.8 Å². The topological polar surface area (TPSA) is 78.0 Å². The van der Waals surface area contributed by atoms with Crippen molar-refractivity contribution in [3.8, 4) is 11.6 Å². The third kappa shape index (κ3) is 2.46. The van der Waals surface area contributed by atoms with Crippen LogP contribution in [0.15, 0.2) is 16.9 Å². The highest BCUT2D eigenvalue weighted by atomic mass is 16.5. The summed E-state index contributed by atoms with van der Waals surface area (Å²) in [4.78, 5) is 8.70. The molecule has 1 saturated heterocycles. The van der Waals surface area contributed by atoms with E-state index >= 15 is 0 Å². The van der Waals surface area contributed by atoms with Gasteiger partial charge < -0.3 is 19.1 Å². The second-order valence-corrected chi connectivity index (χ2v) is 5.02. The van der Waals surface area contributed by atoms with E-state index < -0.39 is 0 Å². The Morgan fingerprint density at radius 1 is 1.45 bits per heavy atom. The molecule has 0 spiro atoms. The van der Waals surface area contributed by atoms with Crippen molar-refractivity contribution in [1.82, 2.24) is 25.0 Å². The van der Waals surface area contributed by atoms with Gasteiger partial charge in [-0.3, -0.25) is 0 Å². The first kappa shape index (κ1) is 13.3. The summed E-state index contributed by atoms with van der Waals surface area (Å²) in [5, 5.41) is 7.49. The molecule has 1 aliphatic rings. The smallest absolute Gasteiger partial charge is 0.238 e. The molecule has 0 aliphatic carbocycles. The molecule has 7 nitrogen and oxygen atoms in total. The number of aromatic nitrogens is 4. The van der Waals surface area contributed by atoms with Crippen LogP contribution in [-0.4, -0.2) is 45.5 Å². The maximum Gasteiger partial charge on any atom is 0.238 e. The summed E-state index contributed by atoms with van der Waals surface area (Å²) >= 11 is 0. The number of hydrogen-bond acceptors (Lipinski definition) is 6. The van der Waals surface area contributed by atoms with Gasteiger partial charge in [-0.25, -0.2) is 4.98 Å². The van der Waals surface area contributed by atoms with Crippen molar-refractivity contribution in [1.29, 1.82) is 0 Å². The highest BCUT2D eigenvalue weighted by Crippen LogP contribution is 2.26. The molecule has 0 radical (unpaired) electrons. The molecule has 1 fully saturated rings. The lowest BCUT2D eigenvalue weighted by Gasteiger charge is -2.14. The van der Waals surface area contributed by atoms with Gasteiger partial charge in [-0.15, -0.1) is 0 Å². The van der Waals surface area contributed by atoms with E-state index in [2.05, 4.69) is 27.4 Å². The van der Waals surface area contributed by atoms with Gasteiger partial charge >= 0.3 is 0 Å². The number of hydrogen-bond donors (Lipinski definition) is 1. The molecule has 2 unspecified atom stereocenters. The monoisotopic (exact) mass is 277 g/mol. The number of imidazole rings is 1. The molecule has 2 aromatic rings. The lowest BCUT2D eigenvalue weighted by molar-refractivity contribution is 0.184. The molecule has 20 heavy (non-hydrogen) atoms. The van der Waals surface area contributed by atoms with Crippen molar-refractivity contribution in [2.24, 2.45) is 7.05 Å². The summed E-state index contributed by atoms with van der Waals surface area (Å²) in [7, 11) is 1.91. The van der Waals surface area contributed by atoms with Gasteiger partial charge in [-0.1, -0.05) is 12.1 Å². The Hall–Kier alpha value is -1.73. The number of nitrogens with zero attached hydrogens (tertiary/aromatic N) is 4. The van der Waals surface area contributed by atoms with Crippen LogP contribution in [0.5, 0.6) is 0 Å². The summed E-state index contributed by atoms with van der Waals surface area (Å²) < 4.78 is 12.8. The molecular weight excluding hydrogens is 258 g/mol. The van der Waals surface area contributed by atoms with E-state index in [0.717, 1.165) is 13.0 Å². The number of ether oxygens (including phenoxy) is 1. The van der Waals surface area contributed by atoms with E-state index in [4.69, 9.17) is 9.26 Å². The molecule has 1 N–H and O–H groups in total. The maximum atomic E-state index is 5.53. The van der Waals surface area contributed by atoms with Crippen LogP contribution < -0.4 is 5.32 Å². The van der Waals surface area contributed by atoms with Crippen LogP contribution in [0.4, 0.5) is 0 Å². The van der Waals surface area contributed by atoms with Crippen LogP contribution in [-0.2, 0) is 11.8 Å². The summed E-state index contributed by atoms with van der Waals surface area (Å²) in [5.41, 5.74) is 0. The van der Waals surface area contributed by atoms with Crippen molar-refractivity contribution >= 4 is 0 Å². The number of aryl methyl sites for hydroxylation is 1. The van der Waals surface area contributed by atoms with E-state index in [1.54, 1.807) is 6.20 Å². The zero-order valence-electron chi connectivity index (χ0n) is 11.7. The van der Waals surface area contributed by atoms with E-state index in [1.807, 2.05) is 17.8 Å². The Kier molecular flexibility index (Phi) is 3.79. The first-order valence-corrected chi connectivity index (χ1v) is 6.92. The molecule has 3 heterocycles. The van der Waals surface area contributed by atoms with E-state index in [-0.39, 0.29) is 12.0 Å². The van der Waals surface area contributed by atoms with Gasteiger partial charge in [0.2, 0.25) is 11.7 Å². The Balaban J connectivity index is 1.78. The fourth-order valence-corrected chi connectivity index (χ4v) is 2.39. The first-order valence-electron chi connectivity index (χ1n) is 6.92. The molecular formula is C13H19N5O2. The Morgan fingerprint density at radius 2 is 2.35 bits per heavy atom. The summed E-state index contributed by atoms with van der Waals surface area (Å²) in [6.07, 6.45) is 4.66. The van der Waals surface area contributed by atoms with Gasteiger partial charge in [0.15, 0.2) is 5.82 Å². The van der Waals surface area contributed by atoms with Gasteiger partial charge in [0, 0.05) is 25.5 Å². The van der Waals surface area contributed by atoms with Crippen LogP contribution in [0, 0.1) is 0 Å². The molecule has 0 amide bonds. The van der Waals surface area contributed by atoms with Gasteiger partial charge in [-0.05, 0) is 13.0 Å². The molecule has 108 valence electrons. The van der Waals surface area contributed by atoms with Crippen LogP contribution >= 0.6 is 0 Å². The molecule has 2 aromatic heterocycles. The van der Waals surface area contributed by atoms with Gasteiger partial charge in [0.05, 0.1) is 19.1 Å². The van der Waals surface area contributed by atoms with E-state index in [0.29, 0.717) is 30.8 Å². The minimum Gasteiger partial charge on any atom is -0.379 e. The highest BCUT2D eigenvalue weighted by molar-refractivity contribution is 5.42. The van der Waals surface area contributed by atoms with Crippen LogP contribution in [0.1, 0.15) is 25.2 Å². The molecule has 2 atom stereocenters. The molecule has 0 aromatic carbocycles. The lowest BCUT2D eigenvalue weighted by atomic mass is 10.0. The SMILES string of the molecule is CCCNC1COCC1c1nc(-c2nccn2C)no1. The van der Waals surface area contributed by atoms with Crippen LogP contribution in [0.2, 0.25) is 0 Å². The Labute approximate surface area is 117 Å². The van der Waals surface area contributed by atoms with Crippen molar-refractivity contribution in [3.63, 3.8) is 0 Å². The van der Waals surface area contributed by atoms with Gasteiger partial charge in [0.1, 0.15) is 0 Å². The summed E-state index contributed by atoms with van der Waals surface area (Å²) in [6, 6.07) is 0.240. The molecule has 7 heteroatoms. The van der Waals surface area contributed by atoms with Crippen molar-refractivity contribution < 1.29 is 9.26 Å². The third-order valence-corrected chi connectivity index (χ3v) is 3.52. The van der Waals surface area contributed by atoms with Gasteiger partial charge in [-0.2, -0.15) is 4.98 Å². The standard InChI is InChI=1S/C13H19N5O2/c1-3-4-14-10-8-19-7-9(10)13-16-11(17-20-13)12-15-5-6-18(12)2/h5-6,9-10,14H,3-4,7-8H2,1-2H3. The van der Waals surface area contributed by atoms with Gasteiger partial charge in [0.25, 0.3) is 0 Å². The fourth-order valence-electron chi connectivity index (χ4n) is 2.39. The molecule has 0 bridgehead atoms. The zero-order chi connectivity index (χ0) is 13.9. The number of rotatable bonds is 5. The minimum absolute atomic E-state index is 0.114. The highest BCUT2D eigenvalue weighted by Gasteiger charge is 2.33. The van der Waals surface area contributed by atoms with E-state index in [1.165, 1.54) is 0 Å². The normalized spacial score (nSPS) is 22.5. The predicted octanol–water partition coefficient (Wildman–Crippen LogP) is 0.952. The predicted molar refractivity (Wildman–Crippen MR) is 72.1 cm³/mol. The van der Waals surface area contributed by atoms with Crippen LogP contribution in [0.25, 0.3) is 11.6 Å². The Morgan fingerprint density at radius 3 is 3.10 bits per heavy atom. The average Bonchev–Trinajstić information content (AvgIpc) is 3.15. The fraction of sp³-hybridized carbons (Fsp3) is 0.615. The van der Waals surface area contributed by atoms with E-state index in [9.17, 15) is 0 Å². The first-order chi connectivity index (χ1) is 9.79. The minimum atomic E-state index is 0.114. The maximum absolute atomic E-state index is 5.53. The zero-order valence-corrected chi connectivity index (χ0v) is 11.7. The second-order valence-electron chi connectivity index (χ2n) is 5.02.